The highest BCUT2D eigenvalue weighted by Crippen LogP contribution is 2.29. The highest BCUT2D eigenvalue weighted by Gasteiger charge is 2.24. The Bertz CT molecular complexity index is 324. The van der Waals surface area contributed by atoms with Crippen LogP contribution in [0.1, 0.15) is 24.8 Å². The molecule has 0 aliphatic carbocycles. The predicted octanol–water partition coefficient (Wildman–Crippen LogP) is 5.91. The third-order valence-electron chi connectivity index (χ3n) is 2.97. The highest BCUT2D eigenvalue weighted by atomic mass is 35.8. The number of hydrogen-bond acceptors (Lipinski definition) is 0. The number of aryl methyl sites for hydroxylation is 1. The molecule has 0 aliphatic heterocycles. The van der Waals surface area contributed by atoms with E-state index in [0.29, 0.717) is 11.8 Å². The van der Waals surface area contributed by atoms with Crippen molar-refractivity contribution in [2.45, 2.75) is 31.7 Å². The number of rotatable bonds is 8. The molecule has 5 heteroatoms. The number of hydrogen-bond donors (Lipinski definition) is 0. The molecule has 1 atom stereocenters. The Morgan fingerprint density at radius 2 is 1.67 bits per heavy atom. The van der Waals surface area contributed by atoms with Crippen LogP contribution < -0.4 is 0 Å². The monoisotopic (exact) mass is 342 g/mol. The van der Waals surface area contributed by atoms with Gasteiger partial charge in [0.2, 0.25) is 0 Å². The molecule has 0 aliphatic rings. The molecule has 1 unspecified atom stereocenters. The van der Waals surface area contributed by atoms with Gasteiger partial charge in [0, 0.05) is 5.88 Å². The zero-order valence-electron chi connectivity index (χ0n) is 10.2. The van der Waals surface area contributed by atoms with Gasteiger partial charge in [-0.15, -0.1) is 44.8 Å². The Morgan fingerprint density at radius 1 is 1.00 bits per heavy atom. The summed E-state index contributed by atoms with van der Waals surface area (Å²) in [4.78, 5) is 0. The van der Waals surface area contributed by atoms with E-state index in [-0.39, 0.29) is 0 Å². The molecule has 18 heavy (non-hydrogen) atoms. The van der Waals surface area contributed by atoms with Crippen molar-refractivity contribution in [1.29, 1.82) is 0 Å². The van der Waals surface area contributed by atoms with Gasteiger partial charge in [-0.25, -0.2) is 0 Å². The van der Waals surface area contributed by atoms with Gasteiger partial charge in [-0.3, -0.25) is 0 Å². The Balaban J connectivity index is 2.25. The van der Waals surface area contributed by atoms with Crippen LogP contribution in [0.15, 0.2) is 30.3 Å². The Hall–Kier alpha value is 0.597. The maximum atomic E-state index is 6.00. The number of halogens is 4. The summed E-state index contributed by atoms with van der Waals surface area (Å²) in [7, 11) is 0. The number of alkyl halides is 1. The van der Waals surface area contributed by atoms with Gasteiger partial charge in [0.1, 0.15) is 0 Å². The van der Waals surface area contributed by atoms with E-state index in [1.165, 1.54) is 5.56 Å². The minimum atomic E-state index is -2.45. The lowest BCUT2D eigenvalue weighted by molar-refractivity contribution is 0.491. The smallest absolute Gasteiger partial charge is 0.126 e. The fraction of sp³-hybridized carbons (Fsp3) is 0.538. The Kier molecular flexibility index (Phi) is 8.05. The molecule has 0 radical (unpaired) electrons. The van der Waals surface area contributed by atoms with Crippen molar-refractivity contribution in [1.82, 2.24) is 0 Å². The van der Waals surface area contributed by atoms with Gasteiger partial charge in [0.15, 0.2) is 0 Å². The molecule has 1 aromatic rings. The third kappa shape index (κ3) is 7.91. The van der Waals surface area contributed by atoms with Crippen LogP contribution in [0, 0.1) is 5.92 Å². The molecular formula is C13H18Cl4Si. The minimum absolute atomic E-state index is 0.522. The normalized spacial score (nSPS) is 13.6. The first-order chi connectivity index (χ1) is 8.51. The second kappa shape index (κ2) is 8.71. The SMILES string of the molecule is ClCC(CCC[Si](Cl)(Cl)Cl)CCc1ccccc1. The van der Waals surface area contributed by atoms with Crippen LogP contribution in [0.25, 0.3) is 0 Å². The van der Waals surface area contributed by atoms with Crippen molar-refractivity contribution < 1.29 is 0 Å². The van der Waals surface area contributed by atoms with Gasteiger partial charge in [-0.2, -0.15) is 0 Å². The fourth-order valence-electron chi connectivity index (χ4n) is 1.91. The van der Waals surface area contributed by atoms with E-state index < -0.39 is 6.00 Å². The fourth-order valence-corrected chi connectivity index (χ4v) is 4.02. The van der Waals surface area contributed by atoms with Crippen LogP contribution in [0.3, 0.4) is 0 Å². The first kappa shape index (κ1) is 16.7. The van der Waals surface area contributed by atoms with E-state index in [4.69, 9.17) is 44.8 Å². The molecule has 0 nitrogen and oxygen atoms in total. The molecule has 0 aromatic heterocycles. The molecule has 0 saturated heterocycles. The van der Waals surface area contributed by atoms with Crippen LogP contribution in [-0.2, 0) is 6.42 Å². The first-order valence-corrected chi connectivity index (χ1v) is 12.0. The largest absolute Gasteiger partial charge is 0.341 e. The van der Waals surface area contributed by atoms with E-state index in [1.807, 2.05) is 6.07 Å². The van der Waals surface area contributed by atoms with E-state index in [1.54, 1.807) is 0 Å². The summed E-state index contributed by atoms with van der Waals surface area (Å²) in [5.41, 5.74) is 1.36. The molecule has 0 heterocycles. The van der Waals surface area contributed by atoms with Gasteiger partial charge >= 0.3 is 6.00 Å². The molecule has 102 valence electrons. The zero-order chi connectivity index (χ0) is 13.4. The lowest BCUT2D eigenvalue weighted by Crippen LogP contribution is -2.11. The molecule has 1 aromatic carbocycles. The summed E-state index contributed by atoms with van der Waals surface area (Å²) >= 11 is 23.6. The van der Waals surface area contributed by atoms with Crippen molar-refractivity contribution in [3.8, 4) is 0 Å². The summed E-state index contributed by atoms with van der Waals surface area (Å²) in [6, 6.07) is 8.76. The predicted molar refractivity (Wildman–Crippen MR) is 86.3 cm³/mol. The van der Waals surface area contributed by atoms with Gasteiger partial charge in [0.25, 0.3) is 0 Å². The van der Waals surface area contributed by atoms with E-state index in [9.17, 15) is 0 Å². The summed E-state index contributed by atoms with van der Waals surface area (Å²) in [6.07, 6.45) is 4.20. The maximum absolute atomic E-state index is 6.00. The van der Waals surface area contributed by atoms with Crippen LogP contribution in [0.5, 0.6) is 0 Å². The minimum Gasteiger partial charge on any atom is -0.126 e. The van der Waals surface area contributed by atoms with E-state index in [0.717, 1.165) is 31.7 Å². The average Bonchev–Trinajstić information content (AvgIpc) is 2.33. The maximum Gasteiger partial charge on any atom is 0.341 e. The second-order valence-electron chi connectivity index (χ2n) is 4.55. The summed E-state index contributed by atoms with van der Waals surface area (Å²) in [5.74, 6) is 1.21. The summed E-state index contributed by atoms with van der Waals surface area (Å²) < 4.78 is 0. The Labute approximate surface area is 130 Å². The molecule has 0 fully saturated rings. The standard InChI is InChI=1S/C13H18Cl4Si/c14-11-13(7-4-10-18(15,16)17)9-8-12-5-2-1-3-6-12/h1-3,5-6,13H,4,7-11H2. The zero-order valence-corrected chi connectivity index (χ0v) is 14.2. The van der Waals surface area contributed by atoms with Crippen LogP contribution in [0.4, 0.5) is 0 Å². The summed E-state index contributed by atoms with van der Waals surface area (Å²) in [6.45, 7) is 0. The van der Waals surface area contributed by atoms with Crippen LogP contribution in [0.2, 0.25) is 6.04 Å². The molecule has 0 bridgehead atoms. The molecule has 0 saturated carbocycles. The number of benzene rings is 1. The van der Waals surface area contributed by atoms with E-state index in [2.05, 4.69) is 24.3 Å². The van der Waals surface area contributed by atoms with Gasteiger partial charge < -0.3 is 0 Å². The first-order valence-electron chi connectivity index (χ1n) is 6.18. The van der Waals surface area contributed by atoms with Crippen LogP contribution >= 0.6 is 44.8 Å². The molecule has 0 N–H and O–H groups in total. The van der Waals surface area contributed by atoms with E-state index >= 15 is 0 Å². The molecule has 0 amide bonds. The molecular weight excluding hydrogens is 326 g/mol. The Morgan fingerprint density at radius 3 is 2.22 bits per heavy atom. The van der Waals surface area contributed by atoms with Crippen molar-refractivity contribution in [2.75, 3.05) is 5.88 Å². The molecule has 1 rings (SSSR count). The highest BCUT2D eigenvalue weighted by molar-refractivity contribution is 7.64. The average molecular weight is 344 g/mol. The van der Waals surface area contributed by atoms with Gasteiger partial charge in [-0.1, -0.05) is 36.8 Å². The van der Waals surface area contributed by atoms with Crippen molar-refractivity contribution in [2.24, 2.45) is 5.92 Å². The second-order valence-corrected chi connectivity index (χ2v) is 14.1. The lowest BCUT2D eigenvalue weighted by Gasteiger charge is -2.15. The van der Waals surface area contributed by atoms with Gasteiger partial charge in [-0.05, 0) is 36.8 Å². The quantitative estimate of drug-likeness (QED) is 0.312. The lowest BCUT2D eigenvalue weighted by atomic mass is 9.97. The van der Waals surface area contributed by atoms with Crippen LogP contribution in [-0.4, -0.2) is 11.9 Å². The third-order valence-corrected chi connectivity index (χ3v) is 6.03. The summed E-state index contributed by atoms with van der Waals surface area (Å²) in [5, 5.41) is 0. The van der Waals surface area contributed by atoms with Gasteiger partial charge in [0.05, 0.1) is 0 Å². The van der Waals surface area contributed by atoms with Crippen molar-refractivity contribution >= 4 is 50.8 Å². The topological polar surface area (TPSA) is 0 Å². The van der Waals surface area contributed by atoms with Crippen molar-refractivity contribution in [3.63, 3.8) is 0 Å². The van der Waals surface area contributed by atoms with Crippen molar-refractivity contribution in [3.05, 3.63) is 35.9 Å². The molecule has 0 spiro atoms.